The van der Waals surface area contributed by atoms with Crippen LogP contribution < -0.4 is 10.6 Å². The summed E-state index contributed by atoms with van der Waals surface area (Å²) in [6.45, 7) is 1.57. The van der Waals surface area contributed by atoms with Gasteiger partial charge in [-0.3, -0.25) is 10.1 Å². The number of amides is 2. The number of methoxy groups -OCH3 is 1. The lowest BCUT2D eigenvalue weighted by Gasteiger charge is -2.26. The van der Waals surface area contributed by atoms with Gasteiger partial charge in [0.25, 0.3) is 5.69 Å². The third kappa shape index (κ3) is 3.02. The van der Waals surface area contributed by atoms with Crippen LogP contribution in [0.3, 0.4) is 0 Å². The highest BCUT2D eigenvalue weighted by atomic mass is 16.6. The van der Waals surface area contributed by atoms with E-state index in [0.29, 0.717) is 11.3 Å². The lowest BCUT2D eigenvalue weighted by Crippen LogP contribution is -2.45. The molecule has 0 aliphatic carbocycles. The highest BCUT2D eigenvalue weighted by Crippen LogP contribution is 2.35. The molecule has 2 heterocycles. The zero-order valence-electron chi connectivity index (χ0n) is 13.9. The average molecular weight is 357 g/mol. The Morgan fingerprint density at radius 1 is 1.27 bits per heavy atom. The molecule has 0 radical (unpaired) electrons. The topological polar surface area (TPSA) is 124 Å². The second-order valence-electron chi connectivity index (χ2n) is 5.54. The number of nitro groups is 1. The highest BCUT2D eigenvalue weighted by molar-refractivity contribution is 5.94. The molecule has 0 fully saturated rings. The van der Waals surface area contributed by atoms with Crippen LogP contribution >= 0.6 is 0 Å². The zero-order valence-corrected chi connectivity index (χ0v) is 13.9. The first-order chi connectivity index (χ1) is 12.4. The molecule has 9 heteroatoms. The number of nitro benzene ring substituents is 1. The normalized spacial score (nSPS) is 16.7. The molecule has 2 N–H and O–H groups in total. The highest BCUT2D eigenvalue weighted by Gasteiger charge is 2.34. The third-order valence-corrected chi connectivity index (χ3v) is 3.95. The number of benzene rings is 1. The Labute approximate surface area is 147 Å². The number of carbonyl (C=O) groups is 2. The van der Waals surface area contributed by atoms with Crippen molar-refractivity contribution in [3.05, 3.63) is 63.5 Å². The van der Waals surface area contributed by atoms with E-state index in [1.54, 1.807) is 37.3 Å². The van der Waals surface area contributed by atoms with Gasteiger partial charge in [-0.05, 0) is 25.1 Å². The van der Waals surface area contributed by atoms with Crippen molar-refractivity contribution < 1.29 is 23.7 Å². The Morgan fingerprint density at radius 3 is 2.69 bits per heavy atom. The molecule has 1 aromatic carbocycles. The number of rotatable bonds is 4. The third-order valence-electron chi connectivity index (χ3n) is 3.95. The fourth-order valence-electron chi connectivity index (χ4n) is 2.78. The minimum atomic E-state index is -0.868. The maximum absolute atomic E-state index is 12.1. The van der Waals surface area contributed by atoms with Crippen molar-refractivity contribution >= 4 is 17.7 Å². The molecule has 2 aromatic rings. The van der Waals surface area contributed by atoms with E-state index in [4.69, 9.17) is 9.15 Å². The van der Waals surface area contributed by atoms with Crippen molar-refractivity contribution in [3.63, 3.8) is 0 Å². The van der Waals surface area contributed by atoms with Crippen molar-refractivity contribution in [1.29, 1.82) is 0 Å². The number of para-hydroxylation sites is 1. The maximum atomic E-state index is 12.1. The van der Waals surface area contributed by atoms with Crippen LogP contribution in [0.4, 0.5) is 10.5 Å². The minimum absolute atomic E-state index is 0.109. The number of ether oxygens (including phenoxy) is 1. The van der Waals surface area contributed by atoms with Crippen LogP contribution in [0.5, 0.6) is 0 Å². The summed E-state index contributed by atoms with van der Waals surface area (Å²) >= 11 is 0. The molecule has 3 rings (SSSR count). The number of furan rings is 1. The first-order valence-electron chi connectivity index (χ1n) is 7.62. The number of carbonyl (C=O) groups excluding carboxylic acids is 2. The van der Waals surface area contributed by atoms with Crippen molar-refractivity contribution in [2.45, 2.75) is 13.0 Å². The number of hydrogen-bond acceptors (Lipinski definition) is 6. The quantitative estimate of drug-likeness (QED) is 0.492. The second kappa shape index (κ2) is 6.71. The fraction of sp³-hybridized carbons (Fsp3) is 0.176. The van der Waals surface area contributed by atoms with Gasteiger partial charge in [-0.25, -0.2) is 9.59 Å². The van der Waals surface area contributed by atoms with Gasteiger partial charge in [0.2, 0.25) is 0 Å². The Balaban J connectivity index is 2.04. The van der Waals surface area contributed by atoms with E-state index in [1.165, 1.54) is 13.2 Å². The maximum Gasteiger partial charge on any atom is 0.338 e. The second-order valence-corrected chi connectivity index (χ2v) is 5.54. The zero-order chi connectivity index (χ0) is 18.8. The van der Waals surface area contributed by atoms with E-state index in [-0.39, 0.29) is 22.8 Å². The molecule has 2 amide bonds. The lowest BCUT2D eigenvalue weighted by atomic mass is 10.0. The number of urea groups is 1. The van der Waals surface area contributed by atoms with Crippen molar-refractivity contribution in [2.75, 3.05) is 7.11 Å². The number of nitrogens with one attached hydrogen (secondary N) is 2. The molecule has 1 unspecified atom stereocenters. The van der Waals surface area contributed by atoms with Gasteiger partial charge in [-0.1, -0.05) is 12.1 Å². The van der Waals surface area contributed by atoms with Gasteiger partial charge in [-0.2, -0.15) is 0 Å². The summed E-state index contributed by atoms with van der Waals surface area (Å²) in [6, 6.07) is 7.88. The van der Waals surface area contributed by atoms with E-state index < -0.39 is 23.0 Å². The van der Waals surface area contributed by atoms with Crippen LogP contribution in [0, 0.1) is 10.1 Å². The van der Waals surface area contributed by atoms with Crippen molar-refractivity contribution in [3.8, 4) is 11.3 Å². The number of allylic oxidation sites excluding steroid dienone is 1. The van der Waals surface area contributed by atoms with Gasteiger partial charge in [0.1, 0.15) is 17.6 Å². The minimum Gasteiger partial charge on any atom is -0.466 e. The van der Waals surface area contributed by atoms with Gasteiger partial charge < -0.3 is 19.8 Å². The fourth-order valence-corrected chi connectivity index (χ4v) is 2.78. The molecule has 1 aromatic heterocycles. The van der Waals surface area contributed by atoms with E-state index in [9.17, 15) is 19.7 Å². The Hall–Kier alpha value is -3.62. The van der Waals surface area contributed by atoms with E-state index >= 15 is 0 Å². The first-order valence-corrected chi connectivity index (χ1v) is 7.62. The van der Waals surface area contributed by atoms with Crippen LogP contribution in [-0.2, 0) is 9.53 Å². The molecule has 9 nitrogen and oxygen atoms in total. The summed E-state index contributed by atoms with van der Waals surface area (Å²) < 4.78 is 10.5. The van der Waals surface area contributed by atoms with E-state index in [0.717, 1.165) is 0 Å². The Kier molecular flexibility index (Phi) is 4.44. The number of hydrogen-bond donors (Lipinski definition) is 2. The number of esters is 1. The van der Waals surface area contributed by atoms with Crippen LogP contribution in [-0.4, -0.2) is 24.0 Å². The smallest absolute Gasteiger partial charge is 0.338 e. The Bertz CT molecular complexity index is 930. The summed E-state index contributed by atoms with van der Waals surface area (Å²) in [5, 5.41) is 16.3. The summed E-state index contributed by atoms with van der Waals surface area (Å²) in [5.41, 5.74) is 0.719. The predicted octanol–water partition coefficient (Wildman–Crippen LogP) is 2.66. The summed E-state index contributed by atoms with van der Waals surface area (Å²) in [4.78, 5) is 34.6. The van der Waals surface area contributed by atoms with Gasteiger partial charge in [0.15, 0.2) is 0 Å². The molecule has 1 atom stereocenters. The first kappa shape index (κ1) is 17.2. The largest absolute Gasteiger partial charge is 0.466 e. The van der Waals surface area contributed by atoms with Gasteiger partial charge >= 0.3 is 12.0 Å². The van der Waals surface area contributed by atoms with E-state index in [1.807, 2.05) is 0 Å². The average Bonchev–Trinajstić information content (AvgIpc) is 3.10. The summed E-state index contributed by atoms with van der Waals surface area (Å²) in [7, 11) is 1.23. The molecule has 0 saturated heterocycles. The van der Waals surface area contributed by atoms with Crippen molar-refractivity contribution in [1.82, 2.24) is 10.6 Å². The van der Waals surface area contributed by atoms with Gasteiger partial charge in [-0.15, -0.1) is 0 Å². The van der Waals surface area contributed by atoms with E-state index in [2.05, 4.69) is 10.6 Å². The molecule has 0 saturated carbocycles. The summed E-state index contributed by atoms with van der Waals surface area (Å²) in [6.07, 6.45) is 0. The van der Waals surface area contributed by atoms with Gasteiger partial charge in [0.05, 0.1) is 23.2 Å². The van der Waals surface area contributed by atoms with Crippen LogP contribution in [0.2, 0.25) is 0 Å². The predicted molar refractivity (Wildman–Crippen MR) is 89.9 cm³/mol. The summed E-state index contributed by atoms with van der Waals surface area (Å²) in [5.74, 6) is -0.113. The Morgan fingerprint density at radius 2 is 2.00 bits per heavy atom. The molecule has 1 aliphatic rings. The van der Waals surface area contributed by atoms with Crippen molar-refractivity contribution in [2.24, 2.45) is 0 Å². The number of nitrogens with zero attached hydrogens (tertiary/aromatic N) is 1. The molecule has 1 aliphatic heterocycles. The molecular formula is C17H15N3O6. The lowest BCUT2D eigenvalue weighted by molar-refractivity contribution is -0.384. The molecular weight excluding hydrogens is 342 g/mol. The molecule has 134 valence electrons. The van der Waals surface area contributed by atoms with Crippen LogP contribution in [0.25, 0.3) is 11.3 Å². The van der Waals surface area contributed by atoms with Gasteiger partial charge in [0, 0.05) is 11.8 Å². The molecule has 0 bridgehead atoms. The standard InChI is InChI=1S/C17H15N3O6/c1-9-14(16(21)25-2)15(19-17(22)18-9)13-8-7-12(26-13)10-5-3-4-6-11(10)20(23)24/h3-8,15H,1-2H3,(H2,18,19,22). The molecule has 0 spiro atoms. The monoisotopic (exact) mass is 357 g/mol. The molecule has 26 heavy (non-hydrogen) atoms. The van der Waals surface area contributed by atoms with Crippen LogP contribution in [0.15, 0.2) is 52.1 Å². The SMILES string of the molecule is COC(=O)C1=C(C)NC(=O)NC1c1ccc(-c2ccccc2[N+](=O)[O-])o1. The van der Waals surface area contributed by atoms with Crippen LogP contribution in [0.1, 0.15) is 18.7 Å².